The summed E-state index contributed by atoms with van der Waals surface area (Å²) < 4.78 is 5.03. The van der Waals surface area contributed by atoms with Gasteiger partial charge in [0.05, 0.1) is 6.54 Å². The Morgan fingerprint density at radius 2 is 1.86 bits per heavy atom. The van der Waals surface area contributed by atoms with E-state index >= 15 is 0 Å². The van der Waals surface area contributed by atoms with E-state index in [0.29, 0.717) is 24.4 Å². The molecule has 0 saturated heterocycles. The van der Waals surface area contributed by atoms with Crippen LogP contribution in [-0.4, -0.2) is 40.7 Å². The van der Waals surface area contributed by atoms with Gasteiger partial charge in [0, 0.05) is 26.7 Å². The molecule has 0 amide bonds. The molecule has 0 atom stereocenters. The highest BCUT2D eigenvalue weighted by molar-refractivity contribution is 5.43. The number of aryl methyl sites for hydroxylation is 1. The largest absolute Gasteiger partial charge is 0.361 e. The predicted octanol–water partition coefficient (Wildman–Crippen LogP) is 1.67. The molecule has 21 heavy (non-hydrogen) atoms. The third-order valence-electron chi connectivity index (χ3n) is 2.66. The van der Waals surface area contributed by atoms with Gasteiger partial charge in [-0.05, 0) is 13.3 Å². The highest BCUT2D eigenvalue weighted by Crippen LogP contribution is 2.12. The van der Waals surface area contributed by atoms with Crippen molar-refractivity contribution in [2.24, 2.45) is 0 Å². The van der Waals surface area contributed by atoms with E-state index in [1.54, 1.807) is 0 Å². The van der Waals surface area contributed by atoms with Crippen LogP contribution in [0.25, 0.3) is 0 Å². The van der Waals surface area contributed by atoms with Crippen molar-refractivity contribution >= 4 is 17.8 Å². The van der Waals surface area contributed by atoms with Crippen molar-refractivity contribution in [2.45, 2.75) is 26.8 Å². The molecule has 0 radical (unpaired) electrons. The molecular formula is C13H21N7O. The number of nitrogens with one attached hydrogen (secondary N) is 2. The minimum atomic E-state index is 0.501. The van der Waals surface area contributed by atoms with E-state index in [-0.39, 0.29) is 0 Å². The maximum Gasteiger partial charge on any atom is 0.231 e. The molecule has 2 rings (SSSR count). The smallest absolute Gasteiger partial charge is 0.231 e. The van der Waals surface area contributed by atoms with E-state index < -0.39 is 0 Å². The van der Waals surface area contributed by atoms with E-state index in [2.05, 4.69) is 37.7 Å². The molecule has 2 aromatic heterocycles. The Hall–Kier alpha value is -2.38. The molecule has 2 N–H and O–H groups in total. The average molecular weight is 291 g/mol. The second-order valence-electron chi connectivity index (χ2n) is 4.89. The Labute approximate surface area is 124 Å². The Kier molecular flexibility index (Phi) is 4.91. The van der Waals surface area contributed by atoms with Gasteiger partial charge in [0.15, 0.2) is 0 Å². The van der Waals surface area contributed by atoms with Crippen LogP contribution in [0.2, 0.25) is 0 Å². The van der Waals surface area contributed by atoms with Crippen LogP contribution in [0.4, 0.5) is 17.8 Å². The van der Waals surface area contributed by atoms with Crippen LogP contribution in [0.5, 0.6) is 0 Å². The average Bonchev–Trinajstić information content (AvgIpc) is 2.88. The van der Waals surface area contributed by atoms with Crippen LogP contribution in [-0.2, 0) is 6.54 Å². The van der Waals surface area contributed by atoms with Crippen molar-refractivity contribution in [3.63, 3.8) is 0 Å². The first-order chi connectivity index (χ1) is 10.1. The van der Waals surface area contributed by atoms with Crippen LogP contribution < -0.4 is 15.5 Å². The molecule has 0 aliphatic carbocycles. The van der Waals surface area contributed by atoms with Crippen LogP contribution in [0.15, 0.2) is 10.6 Å². The topological polar surface area (TPSA) is 92.0 Å². The monoisotopic (exact) mass is 291 g/mol. The maximum atomic E-state index is 5.03. The fourth-order valence-corrected chi connectivity index (χ4v) is 1.63. The van der Waals surface area contributed by atoms with Crippen molar-refractivity contribution in [1.29, 1.82) is 0 Å². The summed E-state index contributed by atoms with van der Waals surface area (Å²) >= 11 is 0. The second kappa shape index (κ2) is 6.87. The number of rotatable bonds is 7. The van der Waals surface area contributed by atoms with Crippen molar-refractivity contribution in [1.82, 2.24) is 20.1 Å². The quantitative estimate of drug-likeness (QED) is 0.796. The van der Waals surface area contributed by atoms with Crippen molar-refractivity contribution in [2.75, 3.05) is 36.2 Å². The summed E-state index contributed by atoms with van der Waals surface area (Å²) in [5.74, 6) is 2.45. The van der Waals surface area contributed by atoms with Gasteiger partial charge in [-0.2, -0.15) is 15.0 Å². The molecule has 8 heteroatoms. The molecule has 0 saturated carbocycles. The van der Waals surface area contributed by atoms with Crippen LogP contribution in [0.3, 0.4) is 0 Å². The van der Waals surface area contributed by atoms with E-state index in [0.717, 1.165) is 24.4 Å². The highest BCUT2D eigenvalue weighted by Gasteiger charge is 2.08. The van der Waals surface area contributed by atoms with Gasteiger partial charge in [-0.1, -0.05) is 12.1 Å². The third kappa shape index (κ3) is 4.30. The minimum absolute atomic E-state index is 0.501. The lowest BCUT2D eigenvalue weighted by Crippen LogP contribution is -2.17. The summed E-state index contributed by atoms with van der Waals surface area (Å²) in [5.41, 5.74) is 0.808. The van der Waals surface area contributed by atoms with E-state index in [1.807, 2.05) is 32.0 Å². The lowest BCUT2D eigenvalue weighted by molar-refractivity contribution is 0.391. The zero-order valence-electron chi connectivity index (χ0n) is 12.8. The van der Waals surface area contributed by atoms with E-state index in [1.165, 1.54) is 0 Å². The predicted molar refractivity (Wildman–Crippen MR) is 81.5 cm³/mol. The van der Waals surface area contributed by atoms with Crippen LogP contribution in [0.1, 0.15) is 24.8 Å². The van der Waals surface area contributed by atoms with Crippen molar-refractivity contribution in [3.8, 4) is 0 Å². The van der Waals surface area contributed by atoms with Gasteiger partial charge in [0.2, 0.25) is 17.8 Å². The van der Waals surface area contributed by atoms with Crippen LogP contribution >= 0.6 is 0 Å². The Bertz CT molecular complexity index is 582. The Morgan fingerprint density at radius 3 is 2.43 bits per heavy atom. The summed E-state index contributed by atoms with van der Waals surface area (Å²) in [6.45, 7) is 5.27. The molecule has 8 nitrogen and oxygen atoms in total. The number of aromatic nitrogens is 4. The first-order valence-corrected chi connectivity index (χ1v) is 6.92. The lowest BCUT2D eigenvalue weighted by Gasteiger charge is -2.13. The molecule has 2 aromatic rings. The summed E-state index contributed by atoms with van der Waals surface area (Å²) in [5, 5.41) is 10.2. The number of hydrogen-bond donors (Lipinski definition) is 2. The standard InChI is InChI=1S/C13H21N7O/c1-5-6-14-11-16-12(18-13(17-11)20(3)4)15-8-10-7-9(2)21-19-10/h7H,5-6,8H2,1-4H3,(H2,14,15,16,17,18). The maximum absolute atomic E-state index is 5.03. The fourth-order valence-electron chi connectivity index (χ4n) is 1.63. The van der Waals surface area contributed by atoms with Crippen molar-refractivity contribution < 1.29 is 4.52 Å². The fraction of sp³-hybridized carbons (Fsp3) is 0.538. The molecule has 0 fully saturated rings. The molecule has 114 valence electrons. The van der Waals surface area contributed by atoms with Gasteiger partial charge in [0.1, 0.15) is 11.5 Å². The van der Waals surface area contributed by atoms with Crippen molar-refractivity contribution in [3.05, 3.63) is 17.5 Å². The highest BCUT2D eigenvalue weighted by atomic mass is 16.5. The normalized spacial score (nSPS) is 10.5. The molecule has 0 spiro atoms. The van der Waals surface area contributed by atoms with Gasteiger partial charge >= 0.3 is 0 Å². The first kappa shape index (κ1) is 15.0. The summed E-state index contributed by atoms with van der Waals surface area (Å²) in [6, 6.07) is 1.87. The van der Waals surface area contributed by atoms with Crippen LogP contribution in [0, 0.1) is 6.92 Å². The minimum Gasteiger partial charge on any atom is -0.361 e. The Balaban J connectivity index is 2.11. The third-order valence-corrected chi connectivity index (χ3v) is 2.66. The van der Waals surface area contributed by atoms with Gasteiger partial charge in [-0.3, -0.25) is 0 Å². The number of anilines is 3. The molecule has 2 heterocycles. The molecule has 0 aromatic carbocycles. The first-order valence-electron chi connectivity index (χ1n) is 6.92. The number of nitrogens with zero attached hydrogens (tertiary/aromatic N) is 5. The number of hydrogen-bond acceptors (Lipinski definition) is 8. The zero-order chi connectivity index (χ0) is 15.2. The molecule has 0 aliphatic heterocycles. The van der Waals surface area contributed by atoms with Gasteiger partial charge in [-0.25, -0.2) is 0 Å². The molecule has 0 aliphatic rings. The van der Waals surface area contributed by atoms with Gasteiger partial charge in [-0.15, -0.1) is 0 Å². The lowest BCUT2D eigenvalue weighted by atomic mass is 10.4. The van der Waals surface area contributed by atoms with Gasteiger partial charge in [0.25, 0.3) is 0 Å². The second-order valence-corrected chi connectivity index (χ2v) is 4.89. The molecule has 0 bridgehead atoms. The SMILES string of the molecule is CCCNc1nc(NCc2cc(C)on2)nc(N(C)C)n1. The van der Waals surface area contributed by atoms with E-state index in [9.17, 15) is 0 Å². The van der Waals surface area contributed by atoms with E-state index in [4.69, 9.17) is 4.52 Å². The Morgan fingerprint density at radius 1 is 1.14 bits per heavy atom. The zero-order valence-corrected chi connectivity index (χ0v) is 12.8. The summed E-state index contributed by atoms with van der Waals surface area (Å²) in [4.78, 5) is 14.9. The molecular weight excluding hydrogens is 270 g/mol. The van der Waals surface area contributed by atoms with Gasteiger partial charge < -0.3 is 20.1 Å². The summed E-state index contributed by atoms with van der Waals surface area (Å²) in [7, 11) is 3.79. The summed E-state index contributed by atoms with van der Waals surface area (Å²) in [6.07, 6.45) is 1.00. The molecule has 0 unspecified atom stereocenters.